The summed E-state index contributed by atoms with van der Waals surface area (Å²) in [5.41, 5.74) is 9.14. The second-order valence-electron chi connectivity index (χ2n) is 3.11. The lowest BCUT2D eigenvalue weighted by atomic mass is 10.1. The van der Waals surface area contributed by atoms with E-state index in [-0.39, 0.29) is 0 Å². The van der Waals surface area contributed by atoms with Gasteiger partial charge in [0.25, 0.3) is 0 Å². The lowest BCUT2D eigenvalue weighted by molar-refractivity contribution is 1.08. The Labute approximate surface area is 91.3 Å². The van der Waals surface area contributed by atoms with Crippen LogP contribution in [0, 0.1) is 0 Å². The Morgan fingerprint density at radius 1 is 1.29 bits per heavy atom. The van der Waals surface area contributed by atoms with Gasteiger partial charge in [-0.05, 0) is 23.3 Å². The van der Waals surface area contributed by atoms with Crippen molar-refractivity contribution in [2.75, 3.05) is 0 Å². The fourth-order valence-electron chi connectivity index (χ4n) is 1.49. The van der Waals surface area contributed by atoms with Gasteiger partial charge in [0.1, 0.15) is 0 Å². The lowest BCUT2D eigenvalue weighted by Crippen LogP contribution is -1.95. The molecule has 2 rings (SSSR count). The average molecular weight is 251 g/mol. The number of rotatable bonds is 2. The Kier molecular flexibility index (Phi) is 2.70. The van der Waals surface area contributed by atoms with Gasteiger partial charge < -0.3 is 10.7 Å². The Balaban J connectivity index is 2.49. The first-order chi connectivity index (χ1) is 6.81. The number of hydrogen-bond acceptors (Lipinski definition) is 1. The maximum Gasteiger partial charge on any atom is 0.0199 e. The predicted octanol–water partition coefficient (Wildman–Crippen LogP) is 2.90. The van der Waals surface area contributed by atoms with Crippen LogP contribution in [0.15, 0.2) is 41.1 Å². The molecule has 14 heavy (non-hydrogen) atoms. The van der Waals surface area contributed by atoms with Crippen LogP contribution in [-0.4, -0.2) is 4.98 Å². The average Bonchev–Trinajstić information content (AvgIpc) is 2.65. The molecule has 3 heteroatoms. The Morgan fingerprint density at radius 2 is 2.14 bits per heavy atom. The van der Waals surface area contributed by atoms with E-state index < -0.39 is 0 Å². The van der Waals surface area contributed by atoms with E-state index in [1.54, 1.807) is 0 Å². The van der Waals surface area contributed by atoms with Gasteiger partial charge >= 0.3 is 0 Å². The van der Waals surface area contributed by atoms with Crippen molar-refractivity contribution in [3.8, 4) is 11.1 Å². The molecule has 0 saturated carbocycles. The van der Waals surface area contributed by atoms with Crippen molar-refractivity contribution in [1.82, 2.24) is 4.98 Å². The first-order valence-corrected chi connectivity index (χ1v) is 5.22. The molecule has 0 amide bonds. The zero-order valence-electron chi connectivity index (χ0n) is 7.63. The van der Waals surface area contributed by atoms with Gasteiger partial charge in [0.05, 0.1) is 0 Å². The Morgan fingerprint density at radius 3 is 2.86 bits per heavy atom. The van der Waals surface area contributed by atoms with Gasteiger partial charge in [-0.1, -0.05) is 28.1 Å². The highest BCUT2D eigenvalue weighted by Crippen LogP contribution is 2.25. The van der Waals surface area contributed by atoms with Gasteiger partial charge in [-0.25, -0.2) is 0 Å². The van der Waals surface area contributed by atoms with Crippen LogP contribution in [0.25, 0.3) is 11.1 Å². The summed E-state index contributed by atoms with van der Waals surface area (Å²) in [4.78, 5) is 3.07. The Bertz CT molecular complexity index is 434. The molecule has 3 N–H and O–H groups in total. The minimum absolute atomic E-state index is 0.561. The molecule has 0 aliphatic carbocycles. The molecule has 1 aromatic heterocycles. The van der Waals surface area contributed by atoms with E-state index in [9.17, 15) is 0 Å². The highest BCUT2D eigenvalue weighted by molar-refractivity contribution is 9.10. The molecule has 0 spiro atoms. The fourth-order valence-corrected chi connectivity index (χ4v) is 1.89. The van der Waals surface area contributed by atoms with Crippen molar-refractivity contribution in [2.45, 2.75) is 6.54 Å². The number of H-pyrrole nitrogens is 1. The zero-order chi connectivity index (χ0) is 9.97. The number of halogens is 1. The minimum Gasteiger partial charge on any atom is -0.367 e. The molecule has 0 aliphatic rings. The summed E-state index contributed by atoms with van der Waals surface area (Å²) in [5, 5.41) is 0. The molecule has 0 saturated heterocycles. The summed E-state index contributed by atoms with van der Waals surface area (Å²) in [6.07, 6.45) is 3.92. The maximum absolute atomic E-state index is 5.64. The van der Waals surface area contributed by atoms with Crippen molar-refractivity contribution >= 4 is 15.9 Å². The number of nitrogens with one attached hydrogen (secondary N) is 1. The van der Waals surface area contributed by atoms with Gasteiger partial charge in [-0.3, -0.25) is 0 Å². The topological polar surface area (TPSA) is 41.8 Å². The smallest absolute Gasteiger partial charge is 0.0199 e. The summed E-state index contributed by atoms with van der Waals surface area (Å²) < 4.78 is 1.08. The Hall–Kier alpha value is -1.06. The van der Waals surface area contributed by atoms with Gasteiger partial charge in [0.2, 0.25) is 0 Å². The highest BCUT2D eigenvalue weighted by atomic mass is 79.9. The quantitative estimate of drug-likeness (QED) is 0.846. The first-order valence-electron chi connectivity index (χ1n) is 4.43. The third-order valence-corrected chi connectivity index (χ3v) is 2.68. The molecular weight excluding hydrogens is 240 g/mol. The number of aromatic nitrogens is 1. The SMILES string of the molecule is NCc1c[nH]cc1-c1cccc(Br)c1. The standard InChI is InChI=1S/C11H11BrN2/c12-10-3-1-2-8(4-10)11-7-14-6-9(11)5-13/h1-4,6-7,14H,5,13H2. The molecule has 0 radical (unpaired) electrons. The van der Waals surface area contributed by atoms with E-state index >= 15 is 0 Å². The summed E-state index contributed by atoms with van der Waals surface area (Å²) in [6.45, 7) is 0.561. The molecule has 1 aromatic carbocycles. The number of hydrogen-bond donors (Lipinski definition) is 2. The molecular formula is C11H11BrN2. The van der Waals surface area contributed by atoms with Crippen molar-refractivity contribution in [3.05, 3.63) is 46.7 Å². The number of benzene rings is 1. The molecule has 0 unspecified atom stereocenters. The molecule has 0 aliphatic heterocycles. The van der Waals surface area contributed by atoms with Gasteiger partial charge in [0.15, 0.2) is 0 Å². The fraction of sp³-hybridized carbons (Fsp3) is 0.0909. The number of nitrogens with two attached hydrogens (primary N) is 1. The molecule has 0 bridgehead atoms. The molecule has 2 aromatic rings. The normalized spacial score (nSPS) is 10.4. The maximum atomic E-state index is 5.64. The van der Waals surface area contributed by atoms with Crippen LogP contribution in [0.4, 0.5) is 0 Å². The third kappa shape index (κ3) is 1.74. The van der Waals surface area contributed by atoms with Crippen LogP contribution >= 0.6 is 15.9 Å². The monoisotopic (exact) mass is 250 g/mol. The molecule has 0 fully saturated rings. The van der Waals surface area contributed by atoms with Crippen molar-refractivity contribution in [3.63, 3.8) is 0 Å². The van der Waals surface area contributed by atoms with Crippen molar-refractivity contribution < 1.29 is 0 Å². The van der Waals surface area contributed by atoms with Crippen LogP contribution in [0.1, 0.15) is 5.56 Å². The molecule has 2 nitrogen and oxygen atoms in total. The third-order valence-electron chi connectivity index (χ3n) is 2.19. The second kappa shape index (κ2) is 3.98. The van der Waals surface area contributed by atoms with Crippen LogP contribution < -0.4 is 5.73 Å². The van der Waals surface area contributed by atoms with Crippen LogP contribution in [0.2, 0.25) is 0 Å². The molecule has 72 valence electrons. The van der Waals surface area contributed by atoms with E-state index in [1.165, 1.54) is 11.1 Å². The second-order valence-corrected chi connectivity index (χ2v) is 4.02. The van der Waals surface area contributed by atoms with E-state index in [1.807, 2.05) is 24.5 Å². The number of aromatic amines is 1. The molecule has 1 heterocycles. The van der Waals surface area contributed by atoms with Crippen LogP contribution in [0.5, 0.6) is 0 Å². The van der Waals surface area contributed by atoms with Crippen molar-refractivity contribution in [1.29, 1.82) is 0 Å². The van der Waals surface area contributed by atoms with Crippen LogP contribution in [0.3, 0.4) is 0 Å². The van der Waals surface area contributed by atoms with Crippen LogP contribution in [-0.2, 0) is 6.54 Å². The highest BCUT2D eigenvalue weighted by Gasteiger charge is 2.04. The lowest BCUT2D eigenvalue weighted by Gasteiger charge is -2.01. The van der Waals surface area contributed by atoms with E-state index in [0.29, 0.717) is 6.54 Å². The van der Waals surface area contributed by atoms with Crippen molar-refractivity contribution in [2.24, 2.45) is 5.73 Å². The van der Waals surface area contributed by atoms with E-state index in [4.69, 9.17) is 5.73 Å². The van der Waals surface area contributed by atoms with E-state index in [2.05, 4.69) is 33.0 Å². The van der Waals surface area contributed by atoms with Gasteiger partial charge in [-0.2, -0.15) is 0 Å². The molecule has 0 atom stereocenters. The summed E-state index contributed by atoms with van der Waals surface area (Å²) in [6, 6.07) is 8.19. The summed E-state index contributed by atoms with van der Waals surface area (Å²) in [5.74, 6) is 0. The van der Waals surface area contributed by atoms with Gasteiger partial charge in [0, 0.05) is 29.0 Å². The summed E-state index contributed by atoms with van der Waals surface area (Å²) >= 11 is 3.45. The minimum atomic E-state index is 0.561. The predicted molar refractivity (Wildman–Crippen MR) is 61.8 cm³/mol. The zero-order valence-corrected chi connectivity index (χ0v) is 9.21. The first kappa shape index (κ1) is 9.49. The van der Waals surface area contributed by atoms with E-state index in [0.717, 1.165) is 10.0 Å². The van der Waals surface area contributed by atoms with Gasteiger partial charge in [-0.15, -0.1) is 0 Å². The largest absolute Gasteiger partial charge is 0.367 e. The summed E-state index contributed by atoms with van der Waals surface area (Å²) in [7, 11) is 0.